The van der Waals surface area contributed by atoms with Crippen molar-refractivity contribution in [3.05, 3.63) is 71.6 Å². The van der Waals surface area contributed by atoms with Crippen molar-refractivity contribution in [1.82, 2.24) is 4.58 Å². The van der Waals surface area contributed by atoms with Crippen molar-refractivity contribution >= 4 is 22.6 Å². The first-order chi connectivity index (χ1) is 18.4. The lowest BCUT2D eigenvalue weighted by molar-refractivity contribution is 0.00939. The van der Waals surface area contributed by atoms with Crippen LogP contribution >= 0.6 is 0 Å². The van der Waals surface area contributed by atoms with E-state index in [0.717, 1.165) is 65.1 Å². The summed E-state index contributed by atoms with van der Waals surface area (Å²) in [5, 5.41) is 20.8. The molecule has 1 aliphatic carbocycles. The molecular weight excluding hydrogens is 480 g/mol. The zero-order chi connectivity index (χ0) is 27.2. The molecule has 2 aromatic carbocycles. The molecule has 0 saturated carbocycles. The Morgan fingerprint density at radius 2 is 1.71 bits per heavy atom. The molecular formula is C31H37N2O5+. The summed E-state index contributed by atoms with van der Waals surface area (Å²) < 4.78 is 14.1. The monoisotopic (exact) mass is 517 g/mol. The molecule has 1 atom stereocenters. The van der Waals surface area contributed by atoms with Crippen LogP contribution in [0, 0.1) is 0 Å². The molecule has 0 fully saturated rings. The Kier molecular flexibility index (Phi) is 8.81. The highest BCUT2D eigenvalue weighted by Crippen LogP contribution is 2.42. The number of fused-ring (bicyclic) bond motifs is 2. The maximum atomic E-state index is 13.1. The van der Waals surface area contributed by atoms with Crippen LogP contribution in [0.25, 0.3) is 33.4 Å². The van der Waals surface area contributed by atoms with E-state index in [9.17, 15) is 9.90 Å². The van der Waals surface area contributed by atoms with Crippen LogP contribution in [-0.4, -0.2) is 61.7 Å². The Morgan fingerprint density at radius 3 is 2.39 bits per heavy atom. The smallest absolute Gasteiger partial charge is 0.338 e. The third kappa shape index (κ3) is 5.44. The highest BCUT2D eigenvalue weighted by Gasteiger charge is 2.23. The summed E-state index contributed by atoms with van der Waals surface area (Å²) in [6, 6.07) is 19.7. The molecule has 0 amide bonds. The van der Waals surface area contributed by atoms with Gasteiger partial charge in [-0.25, -0.2) is 9.37 Å². The molecule has 0 bridgehead atoms. The fraction of sp³-hybridized carbons (Fsp3) is 0.355. The van der Waals surface area contributed by atoms with E-state index in [1.54, 1.807) is 12.1 Å². The number of rotatable bonds is 10. The molecule has 1 aliphatic heterocycles. The number of esters is 1. The quantitative estimate of drug-likeness (QED) is 0.185. The molecule has 200 valence electrons. The molecule has 1 unspecified atom stereocenters. The van der Waals surface area contributed by atoms with Gasteiger partial charge in [0, 0.05) is 47.4 Å². The first-order valence-electron chi connectivity index (χ1n) is 13.3. The zero-order valence-corrected chi connectivity index (χ0v) is 22.6. The van der Waals surface area contributed by atoms with E-state index in [4.69, 9.17) is 14.3 Å². The Bertz CT molecular complexity index is 1450. The van der Waals surface area contributed by atoms with Gasteiger partial charge in [0.1, 0.15) is 37.1 Å². The van der Waals surface area contributed by atoms with Gasteiger partial charge >= 0.3 is 5.97 Å². The molecule has 0 radical (unpaired) electrons. The van der Waals surface area contributed by atoms with Gasteiger partial charge in [-0.05, 0) is 57.5 Å². The number of benzene rings is 3. The summed E-state index contributed by atoms with van der Waals surface area (Å²) in [5.41, 5.74) is 4.67. The predicted octanol–water partition coefficient (Wildman–Crippen LogP) is 4.37. The Morgan fingerprint density at radius 1 is 0.974 bits per heavy atom. The van der Waals surface area contributed by atoms with Gasteiger partial charge in [0.15, 0.2) is 0 Å². The summed E-state index contributed by atoms with van der Waals surface area (Å²) in [4.78, 5) is 15.4. The van der Waals surface area contributed by atoms with Crippen molar-refractivity contribution in [2.45, 2.75) is 33.8 Å². The van der Waals surface area contributed by atoms with Crippen LogP contribution in [-0.2, 0) is 4.74 Å². The Labute approximate surface area is 223 Å². The first kappa shape index (κ1) is 27.4. The highest BCUT2D eigenvalue weighted by molar-refractivity contribution is 6.08. The molecule has 7 nitrogen and oxygen atoms in total. The fourth-order valence-corrected chi connectivity index (χ4v) is 4.91. The minimum absolute atomic E-state index is 0.282. The molecule has 7 heteroatoms. The van der Waals surface area contributed by atoms with Crippen molar-refractivity contribution in [2.24, 2.45) is 0 Å². The molecule has 0 saturated heterocycles. The first-order valence-corrected chi connectivity index (χ1v) is 13.3. The molecule has 2 aliphatic rings. The number of nitrogens with zero attached hydrogens (tertiary/aromatic N) is 2. The second-order valence-corrected chi connectivity index (χ2v) is 9.16. The number of ether oxygens (including phenoxy) is 1. The summed E-state index contributed by atoms with van der Waals surface area (Å²) >= 11 is 0. The van der Waals surface area contributed by atoms with Gasteiger partial charge < -0.3 is 24.3 Å². The van der Waals surface area contributed by atoms with Crippen molar-refractivity contribution in [1.29, 1.82) is 0 Å². The predicted molar refractivity (Wildman–Crippen MR) is 152 cm³/mol. The molecule has 4 rings (SSSR count). The van der Waals surface area contributed by atoms with Gasteiger partial charge in [0.05, 0.1) is 18.2 Å². The molecule has 0 aromatic heterocycles. The van der Waals surface area contributed by atoms with Gasteiger partial charge in [-0.2, -0.15) is 0 Å². The number of aliphatic hydroxyl groups is 2. The Hall–Kier alpha value is -3.68. The largest absolute Gasteiger partial charge is 0.459 e. The molecule has 2 N–H and O–H groups in total. The van der Waals surface area contributed by atoms with Crippen molar-refractivity contribution in [2.75, 3.05) is 44.3 Å². The number of carbonyl (C=O) groups is 1. The molecule has 38 heavy (non-hydrogen) atoms. The van der Waals surface area contributed by atoms with Gasteiger partial charge in [-0.15, -0.1) is 0 Å². The van der Waals surface area contributed by atoms with Crippen molar-refractivity contribution in [3.63, 3.8) is 0 Å². The minimum atomic E-state index is -1.12. The van der Waals surface area contributed by atoms with Crippen LogP contribution in [0.4, 0.5) is 5.69 Å². The van der Waals surface area contributed by atoms with Gasteiger partial charge in [0.2, 0.25) is 5.36 Å². The topological polar surface area (TPSA) is 86.2 Å². The maximum absolute atomic E-state index is 13.1. The average molecular weight is 518 g/mol. The fourth-order valence-electron chi connectivity index (χ4n) is 4.91. The van der Waals surface area contributed by atoms with E-state index < -0.39 is 18.7 Å². The normalized spacial score (nSPS) is 12.1. The second-order valence-electron chi connectivity index (χ2n) is 9.16. The Balaban J connectivity index is 2.01. The molecule has 0 spiro atoms. The lowest BCUT2D eigenvalue weighted by Crippen LogP contribution is -2.29. The lowest BCUT2D eigenvalue weighted by Gasteiger charge is -2.22. The maximum Gasteiger partial charge on any atom is 0.338 e. The second kappa shape index (κ2) is 12.2. The summed E-state index contributed by atoms with van der Waals surface area (Å²) in [7, 11) is 0. The van der Waals surface area contributed by atoms with E-state index in [2.05, 4.69) is 73.6 Å². The van der Waals surface area contributed by atoms with Crippen molar-refractivity contribution < 1.29 is 24.2 Å². The molecule has 2 aromatic rings. The molecule has 1 heterocycles. The van der Waals surface area contributed by atoms with E-state index in [-0.39, 0.29) is 6.61 Å². The van der Waals surface area contributed by atoms with E-state index in [0.29, 0.717) is 11.1 Å². The minimum Gasteiger partial charge on any atom is -0.459 e. The standard InChI is InChI=1S/C31H37N2O5/c1-5-32(6-2)21-13-15-26-28(17-21)38-29-18-22(33(7-3)8-4)14-16-27(29)30(26)24-11-9-10-12-25(24)31(36)37-20-23(35)19-34/h9-18,23,34-35H,5-8,19-20H2,1-4H3/q+1. The van der Waals surface area contributed by atoms with Crippen LogP contribution in [0.1, 0.15) is 38.1 Å². The number of anilines is 1. The SMILES string of the molecule is CCN(CC)c1ccc2c(-c3ccccc3C(=O)OCC(O)CO)c3ccc(=[N+](CC)CC)cc-3oc2c1. The van der Waals surface area contributed by atoms with Crippen LogP contribution in [0.5, 0.6) is 0 Å². The van der Waals surface area contributed by atoms with Crippen LogP contribution < -0.4 is 14.8 Å². The van der Waals surface area contributed by atoms with Gasteiger partial charge in [-0.3, -0.25) is 0 Å². The average Bonchev–Trinajstić information content (AvgIpc) is 2.95. The van der Waals surface area contributed by atoms with Crippen LogP contribution in [0.2, 0.25) is 0 Å². The third-order valence-electron chi connectivity index (χ3n) is 6.98. The van der Waals surface area contributed by atoms with Crippen LogP contribution in [0.3, 0.4) is 0 Å². The van der Waals surface area contributed by atoms with Gasteiger partial charge in [-0.1, -0.05) is 18.2 Å². The number of hydrogen-bond donors (Lipinski definition) is 2. The van der Waals surface area contributed by atoms with Gasteiger partial charge in [0.25, 0.3) is 0 Å². The lowest BCUT2D eigenvalue weighted by atomic mass is 9.90. The zero-order valence-electron chi connectivity index (χ0n) is 22.6. The van der Waals surface area contributed by atoms with Crippen molar-refractivity contribution in [3.8, 4) is 22.5 Å². The van der Waals surface area contributed by atoms with E-state index in [1.807, 2.05) is 12.1 Å². The number of hydrogen-bond acceptors (Lipinski definition) is 6. The van der Waals surface area contributed by atoms with E-state index >= 15 is 0 Å². The number of carbonyl (C=O) groups excluding carboxylic acids is 1. The summed E-state index contributed by atoms with van der Waals surface area (Å²) in [6.07, 6.45) is -1.12. The summed E-state index contributed by atoms with van der Waals surface area (Å²) in [5.74, 6) is 0.169. The third-order valence-corrected chi connectivity index (χ3v) is 6.98. The van der Waals surface area contributed by atoms with Crippen LogP contribution in [0.15, 0.2) is 65.1 Å². The summed E-state index contributed by atoms with van der Waals surface area (Å²) in [6.45, 7) is 11.3. The highest BCUT2D eigenvalue weighted by atomic mass is 16.5. The van der Waals surface area contributed by atoms with E-state index in [1.165, 1.54) is 0 Å². The number of aliphatic hydroxyl groups excluding tert-OH is 2.